The van der Waals surface area contributed by atoms with Gasteiger partial charge in [-0.2, -0.15) is 5.10 Å². The zero-order valence-corrected chi connectivity index (χ0v) is 14.6. The molecule has 0 aliphatic rings. The van der Waals surface area contributed by atoms with Gasteiger partial charge in [0.2, 0.25) is 5.88 Å². The van der Waals surface area contributed by atoms with Crippen LogP contribution < -0.4 is 10.1 Å². The van der Waals surface area contributed by atoms with Crippen molar-refractivity contribution in [3.05, 3.63) is 23.8 Å². The van der Waals surface area contributed by atoms with Crippen molar-refractivity contribution in [3.63, 3.8) is 0 Å². The maximum Gasteiger partial charge on any atom is 0.251 e. The predicted molar refractivity (Wildman–Crippen MR) is 93.0 cm³/mol. The molecule has 0 atom stereocenters. The molecule has 1 amide bonds. The molecule has 1 heterocycles. The number of aryl methyl sites for hydroxylation is 1. The molecule has 0 saturated heterocycles. The Bertz CT molecular complexity index is 662. The number of nitrogens with zero attached hydrogens (tertiary/aromatic N) is 2. The van der Waals surface area contributed by atoms with Gasteiger partial charge in [-0.15, -0.1) is 0 Å². The Kier molecular flexibility index (Phi) is 6.02. The summed E-state index contributed by atoms with van der Waals surface area (Å²) < 4.78 is 7.37. The number of hydrogen-bond donors (Lipinski definition) is 1. The summed E-state index contributed by atoms with van der Waals surface area (Å²) in [5, 5.41) is 8.49. The number of unbranched alkanes of at least 4 members (excludes halogenated alkanes) is 1. The van der Waals surface area contributed by atoms with Crippen LogP contribution in [0.5, 0.6) is 5.88 Å². The molecule has 0 radical (unpaired) electrons. The lowest BCUT2D eigenvalue weighted by molar-refractivity contribution is 0.0952. The standard InChI is InChI=1S/C18H27N3O2/c1-5-6-11-21-18(23-4)15-8-7-14(12-16(15)20-21)17(22)19-10-9-13(2)3/h7-8,12-13H,5-6,9-11H2,1-4H3,(H,19,22). The van der Waals surface area contributed by atoms with E-state index in [1.807, 2.05) is 22.9 Å². The Morgan fingerprint density at radius 2 is 2.17 bits per heavy atom. The van der Waals surface area contributed by atoms with Gasteiger partial charge in [0.25, 0.3) is 5.91 Å². The van der Waals surface area contributed by atoms with Crippen LogP contribution in [0, 0.1) is 5.92 Å². The number of hydrogen-bond acceptors (Lipinski definition) is 3. The maximum absolute atomic E-state index is 12.2. The Morgan fingerprint density at radius 1 is 1.39 bits per heavy atom. The third kappa shape index (κ3) is 4.24. The normalized spacial score (nSPS) is 11.2. The number of benzene rings is 1. The average Bonchev–Trinajstić information content (AvgIpc) is 2.88. The molecule has 0 aliphatic carbocycles. The fourth-order valence-electron chi connectivity index (χ4n) is 2.50. The summed E-state index contributed by atoms with van der Waals surface area (Å²) in [6.07, 6.45) is 3.13. The van der Waals surface area contributed by atoms with E-state index < -0.39 is 0 Å². The van der Waals surface area contributed by atoms with E-state index in [1.54, 1.807) is 7.11 Å². The van der Waals surface area contributed by atoms with Crippen LogP contribution in [0.1, 0.15) is 50.4 Å². The van der Waals surface area contributed by atoms with Crippen LogP contribution in [-0.4, -0.2) is 29.3 Å². The quantitative estimate of drug-likeness (QED) is 0.809. The summed E-state index contributed by atoms with van der Waals surface area (Å²) in [5.41, 5.74) is 1.44. The highest BCUT2D eigenvalue weighted by Gasteiger charge is 2.14. The van der Waals surface area contributed by atoms with Gasteiger partial charge in [-0.05, 0) is 37.0 Å². The highest BCUT2D eigenvalue weighted by atomic mass is 16.5. The molecule has 0 aliphatic heterocycles. The van der Waals surface area contributed by atoms with Gasteiger partial charge in [0.15, 0.2) is 0 Å². The van der Waals surface area contributed by atoms with Crippen LogP contribution in [0.4, 0.5) is 0 Å². The molecule has 1 aromatic heterocycles. The van der Waals surface area contributed by atoms with E-state index in [9.17, 15) is 4.79 Å². The molecule has 0 bridgehead atoms. The molecule has 1 N–H and O–H groups in total. The van der Waals surface area contributed by atoms with E-state index in [0.29, 0.717) is 18.0 Å². The highest BCUT2D eigenvalue weighted by Crippen LogP contribution is 2.26. The highest BCUT2D eigenvalue weighted by molar-refractivity contribution is 5.98. The van der Waals surface area contributed by atoms with Gasteiger partial charge in [-0.1, -0.05) is 27.2 Å². The van der Waals surface area contributed by atoms with Crippen molar-refractivity contribution in [1.29, 1.82) is 0 Å². The first-order valence-corrected chi connectivity index (χ1v) is 8.39. The predicted octanol–water partition coefficient (Wildman–Crippen LogP) is 3.62. The van der Waals surface area contributed by atoms with Gasteiger partial charge < -0.3 is 10.1 Å². The first kappa shape index (κ1) is 17.3. The molecule has 0 spiro atoms. The summed E-state index contributed by atoms with van der Waals surface area (Å²) in [6.45, 7) is 7.96. The lowest BCUT2D eigenvalue weighted by Gasteiger charge is -2.07. The second-order valence-corrected chi connectivity index (χ2v) is 6.26. The largest absolute Gasteiger partial charge is 0.481 e. The number of aromatic nitrogens is 2. The molecule has 23 heavy (non-hydrogen) atoms. The van der Waals surface area contributed by atoms with Crippen LogP contribution in [0.3, 0.4) is 0 Å². The van der Waals surface area contributed by atoms with Crippen LogP contribution >= 0.6 is 0 Å². The monoisotopic (exact) mass is 317 g/mol. The van der Waals surface area contributed by atoms with Crippen molar-refractivity contribution in [3.8, 4) is 5.88 Å². The minimum Gasteiger partial charge on any atom is -0.481 e. The zero-order chi connectivity index (χ0) is 16.8. The van der Waals surface area contributed by atoms with Gasteiger partial charge in [0.1, 0.15) is 0 Å². The second kappa shape index (κ2) is 7.99. The van der Waals surface area contributed by atoms with Crippen LogP contribution in [0.15, 0.2) is 18.2 Å². The van der Waals surface area contributed by atoms with Crippen molar-refractivity contribution in [1.82, 2.24) is 15.1 Å². The third-order valence-corrected chi connectivity index (χ3v) is 3.88. The number of fused-ring (bicyclic) bond motifs is 1. The van der Waals surface area contributed by atoms with E-state index in [1.165, 1.54) is 0 Å². The molecule has 2 aromatic rings. The number of nitrogens with one attached hydrogen (secondary N) is 1. The Balaban J connectivity index is 2.19. The van der Waals surface area contributed by atoms with Crippen molar-refractivity contribution in [2.75, 3.05) is 13.7 Å². The van der Waals surface area contributed by atoms with Gasteiger partial charge >= 0.3 is 0 Å². The molecule has 5 nitrogen and oxygen atoms in total. The van der Waals surface area contributed by atoms with Gasteiger partial charge in [0, 0.05) is 18.7 Å². The molecule has 0 unspecified atom stereocenters. The van der Waals surface area contributed by atoms with Crippen molar-refractivity contribution in [2.24, 2.45) is 5.92 Å². The van der Waals surface area contributed by atoms with E-state index in [4.69, 9.17) is 4.74 Å². The maximum atomic E-state index is 12.2. The summed E-state index contributed by atoms with van der Waals surface area (Å²) >= 11 is 0. The van der Waals surface area contributed by atoms with Crippen molar-refractivity contribution >= 4 is 16.8 Å². The molecule has 5 heteroatoms. The van der Waals surface area contributed by atoms with Crippen molar-refractivity contribution in [2.45, 2.75) is 46.6 Å². The van der Waals surface area contributed by atoms with Crippen LogP contribution in [0.25, 0.3) is 10.9 Å². The third-order valence-electron chi connectivity index (χ3n) is 3.88. The van der Waals surface area contributed by atoms with E-state index in [2.05, 4.69) is 31.2 Å². The smallest absolute Gasteiger partial charge is 0.251 e. The van der Waals surface area contributed by atoms with Gasteiger partial charge in [0.05, 0.1) is 18.0 Å². The Morgan fingerprint density at radius 3 is 2.83 bits per heavy atom. The number of amides is 1. The summed E-state index contributed by atoms with van der Waals surface area (Å²) in [7, 11) is 1.66. The fourth-order valence-corrected chi connectivity index (χ4v) is 2.50. The number of methoxy groups -OCH3 is 1. The lowest BCUT2D eigenvalue weighted by atomic mass is 10.1. The minimum absolute atomic E-state index is 0.0466. The van der Waals surface area contributed by atoms with Gasteiger partial charge in [-0.3, -0.25) is 4.79 Å². The summed E-state index contributed by atoms with van der Waals surface area (Å²) in [4.78, 5) is 12.2. The lowest BCUT2D eigenvalue weighted by Crippen LogP contribution is -2.25. The van der Waals surface area contributed by atoms with E-state index in [0.717, 1.165) is 42.6 Å². The Hall–Kier alpha value is -2.04. The van der Waals surface area contributed by atoms with Crippen molar-refractivity contribution < 1.29 is 9.53 Å². The molecular weight excluding hydrogens is 290 g/mol. The van der Waals surface area contributed by atoms with E-state index >= 15 is 0 Å². The fraction of sp³-hybridized carbons (Fsp3) is 0.556. The van der Waals surface area contributed by atoms with Crippen LogP contribution in [0.2, 0.25) is 0 Å². The molecule has 0 saturated carbocycles. The summed E-state index contributed by atoms with van der Waals surface area (Å²) in [5.74, 6) is 1.30. The minimum atomic E-state index is -0.0466. The molecule has 0 fully saturated rings. The SMILES string of the molecule is CCCCn1nc2cc(C(=O)NCCC(C)C)ccc2c1OC. The topological polar surface area (TPSA) is 56.2 Å². The molecule has 2 rings (SSSR count). The average molecular weight is 317 g/mol. The summed E-state index contributed by atoms with van der Waals surface area (Å²) in [6, 6.07) is 5.59. The molecule has 126 valence electrons. The first-order valence-electron chi connectivity index (χ1n) is 8.39. The van der Waals surface area contributed by atoms with Gasteiger partial charge in [-0.25, -0.2) is 4.68 Å². The zero-order valence-electron chi connectivity index (χ0n) is 14.6. The molecular formula is C18H27N3O2. The number of carbonyl (C=O) groups is 1. The number of ether oxygens (including phenoxy) is 1. The first-order chi connectivity index (χ1) is 11.1. The Labute approximate surface area is 138 Å². The second-order valence-electron chi connectivity index (χ2n) is 6.26. The molecule has 1 aromatic carbocycles. The number of rotatable bonds is 8. The number of carbonyl (C=O) groups excluding carboxylic acids is 1. The van der Waals surface area contributed by atoms with Crippen LogP contribution in [-0.2, 0) is 6.54 Å². The van der Waals surface area contributed by atoms with E-state index in [-0.39, 0.29) is 5.91 Å².